The highest BCUT2D eigenvalue weighted by molar-refractivity contribution is 6.06. The van der Waals surface area contributed by atoms with Crippen molar-refractivity contribution < 1.29 is 19.4 Å². The molecule has 2 fully saturated rings. The fourth-order valence-corrected chi connectivity index (χ4v) is 3.14. The number of pyridine rings is 1. The van der Waals surface area contributed by atoms with E-state index in [1.165, 1.54) is 0 Å². The number of amides is 1. The summed E-state index contributed by atoms with van der Waals surface area (Å²) in [4.78, 5) is 16.8. The highest BCUT2D eigenvalue weighted by atomic mass is 16.6. The predicted octanol–water partition coefficient (Wildman–Crippen LogP) is 0.492. The highest BCUT2D eigenvalue weighted by Gasteiger charge is 2.47. The topological polar surface area (TPSA) is 80.7 Å². The van der Waals surface area contributed by atoms with E-state index in [9.17, 15) is 9.90 Å². The number of carbonyl (C=O) groups excluding carboxylic acids is 1. The molecule has 22 heavy (non-hydrogen) atoms. The Kier molecular flexibility index (Phi) is 3.29. The van der Waals surface area contributed by atoms with Crippen LogP contribution in [0.4, 0.5) is 0 Å². The van der Waals surface area contributed by atoms with Gasteiger partial charge in [-0.1, -0.05) is 18.2 Å². The number of nitrogens with one attached hydrogen (secondary N) is 1. The number of carbonyl (C=O) groups is 1. The van der Waals surface area contributed by atoms with Crippen LogP contribution >= 0.6 is 0 Å². The van der Waals surface area contributed by atoms with Crippen molar-refractivity contribution in [1.82, 2.24) is 10.3 Å². The quantitative estimate of drug-likeness (QED) is 0.844. The maximum atomic E-state index is 12.6. The van der Waals surface area contributed by atoms with E-state index in [-0.39, 0.29) is 30.8 Å². The number of hydrogen-bond donors (Lipinski definition) is 2. The molecular formula is C16H16N2O4. The lowest BCUT2D eigenvalue weighted by molar-refractivity contribution is 0.0178. The Labute approximate surface area is 127 Å². The summed E-state index contributed by atoms with van der Waals surface area (Å²) in [6, 6.07) is 8.97. The van der Waals surface area contributed by atoms with Gasteiger partial charge in [0.2, 0.25) is 0 Å². The van der Waals surface area contributed by atoms with E-state index in [1.807, 2.05) is 24.3 Å². The summed E-state index contributed by atoms with van der Waals surface area (Å²) in [5, 5.41) is 13.5. The summed E-state index contributed by atoms with van der Waals surface area (Å²) < 4.78 is 11.0. The lowest BCUT2D eigenvalue weighted by Gasteiger charge is -2.17. The number of aliphatic hydroxyl groups is 1. The average molecular weight is 300 g/mol. The molecule has 0 spiro atoms. The Bertz CT molecular complexity index is 715. The van der Waals surface area contributed by atoms with Crippen molar-refractivity contribution in [3.05, 3.63) is 42.1 Å². The maximum absolute atomic E-state index is 12.6. The van der Waals surface area contributed by atoms with E-state index in [0.717, 1.165) is 10.9 Å². The van der Waals surface area contributed by atoms with Gasteiger partial charge in [-0.3, -0.25) is 9.78 Å². The summed E-state index contributed by atoms with van der Waals surface area (Å²) in [5.74, 6) is -0.183. The maximum Gasteiger partial charge on any atom is 0.252 e. The molecule has 6 nitrogen and oxygen atoms in total. The van der Waals surface area contributed by atoms with Crippen LogP contribution in [0.25, 0.3) is 10.9 Å². The van der Waals surface area contributed by atoms with Crippen molar-refractivity contribution in [2.45, 2.75) is 24.4 Å². The minimum Gasteiger partial charge on any atom is -0.388 e. The lowest BCUT2D eigenvalue weighted by Crippen LogP contribution is -2.44. The largest absolute Gasteiger partial charge is 0.388 e. The molecule has 4 rings (SSSR count). The number of fused-ring (bicyclic) bond motifs is 2. The van der Waals surface area contributed by atoms with Gasteiger partial charge < -0.3 is 19.9 Å². The van der Waals surface area contributed by atoms with Gasteiger partial charge in [0, 0.05) is 11.6 Å². The number of benzene rings is 1. The second-order valence-corrected chi connectivity index (χ2v) is 5.62. The summed E-state index contributed by atoms with van der Waals surface area (Å²) in [6.07, 6.45) is 0.376. The second-order valence-electron chi connectivity index (χ2n) is 5.62. The smallest absolute Gasteiger partial charge is 0.252 e. The molecule has 1 aromatic heterocycles. The van der Waals surface area contributed by atoms with E-state index >= 15 is 0 Å². The normalized spacial score (nSPS) is 30.4. The molecule has 4 atom stereocenters. The molecule has 2 aromatic rings. The zero-order valence-electron chi connectivity index (χ0n) is 11.8. The Hall–Kier alpha value is -2.02. The number of para-hydroxylation sites is 1. The van der Waals surface area contributed by atoms with Crippen molar-refractivity contribution in [2.75, 3.05) is 13.2 Å². The molecule has 114 valence electrons. The van der Waals surface area contributed by atoms with Gasteiger partial charge in [-0.15, -0.1) is 0 Å². The molecule has 2 N–H and O–H groups in total. The Morgan fingerprint density at radius 2 is 2.00 bits per heavy atom. The van der Waals surface area contributed by atoms with Gasteiger partial charge in [0.1, 0.15) is 18.3 Å². The van der Waals surface area contributed by atoms with Gasteiger partial charge in [0.15, 0.2) is 0 Å². The number of aromatic nitrogens is 1. The standard InChI is InChI=1S/C16H16N2O4/c19-13-8-22-14-12(7-21-15(13)14)18-16(20)10-5-6-17-11-4-2-1-3-9(10)11/h1-6,12-15,19H,7-8H2,(H,18,20)/t12-,13-,14-,15-/m1/s1. The predicted molar refractivity (Wildman–Crippen MR) is 78.5 cm³/mol. The molecule has 3 heterocycles. The van der Waals surface area contributed by atoms with Crippen LogP contribution in [0.2, 0.25) is 0 Å². The van der Waals surface area contributed by atoms with Gasteiger partial charge in [-0.25, -0.2) is 0 Å². The number of aliphatic hydroxyl groups excluding tert-OH is 1. The van der Waals surface area contributed by atoms with Crippen molar-refractivity contribution in [2.24, 2.45) is 0 Å². The van der Waals surface area contributed by atoms with E-state index in [4.69, 9.17) is 9.47 Å². The highest BCUT2D eigenvalue weighted by Crippen LogP contribution is 2.27. The van der Waals surface area contributed by atoms with Crippen molar-refractivity contribution >= 4 is 16.8 Å². The molecule has 6 heteroatoms. The first kappa shape index (κ1) is 13.6. The van der Waals surface area contributed by atoms with Gasteiger partial charge in [-0.2, -0.15) is 0 Å². The van der Waals surface area contributed by atoms with Crippen LogP contribution in [-0.4, -0.2) is 53.6 Å². The number of rotatable bonds is 2. The van der Waals surface area contributed by atoms with Gasteiger partial charge in [0.05, 0.1) is 30.3 Å². The molecule has 0 unspecified atom stereocenters. The Balaban J connectivity index is 1.57. The fourth-order valence-electron chi connectivity index (χ4n) is 3.14. The van der Waals surface area contributed by atoms with Gasteiger partial charge >= 0.3 is 0 Å². The molecule has 2 aliphatic heterocycles. The summed E-state index contributed by atoms with van der Waals surface area (Å²) >= 11 is 0. The molecule has 0 bridgehead atoms. The number of hydrogen-bond acceptors (Lipinski definition) is 5. The van der Waals surface area contributed by atoms with Crippen molar-refractivity contribution in [3.63, 3.8) is 0 Å². The van der Waals surface area contributed by atoms with E-state index in [1.54, 1.807) is 12.3 Å². The minimum absolute atomic E-state index is 0.183. The fraction of sp³-hybridized carbons (Fsp3) is 0.375. The van der Waals surface area contributed by atoms with E-state index in [0.29, 0.717) is 12.2 Å². The molecule has 0 saturated carbocycles. The lowest BCUT2D eigenvalue weighted by atomic mass is 10.1. The number of ether oxygens (including phenoxy) is 2. The van der Waals surface area contributed by atoms with Crippen LogP contribution in [0.1, 0.15) is 10.4 Å². The van der Waals surface area contributed by atoms with E-state index in [2.05, 4.69) is 10.3 Å². The first-order valence-electron chi connectivity index (χ1n) is 7.30. The molecule has 0 radical (unpaired) electrons. The summed E-state index contributed by atoms with van der Waals surface area (Å²) in [5.41, 5.74) is 1.36. The van der Waals surface area contributed by atoms with Crippen molar-refractivity contribution in [3.8, 4) is 0 Å². The molecule has 0 aliphatic carbocycles. The monoisotopic (exact) mass is 300 g/mol. The van der Waals surface area contributed by atoms with Crippen LogP contribution in [-0.2, 0) is 9.47 Å². The van der Waals surface area contributed by atoms with E-state index < -0.39 is 6.10 Å². The average Bonchev–Trinajstić information content (AvgIpc) is 3.11. The van der Waals surface area contributed by atoms with Gasteiger partial charge in [-0.05, 0) is 12.1 Å². The van der Waals surface area contributed by atoms with Gasteiger partial charge in [0.25, 0.3) is 5.91 Å². The SMILES string of the molecule is O=C(N[C@@H]1CO[C@H]2[C@@H]1OC[C@H]2O)c1ccnc2ccccc12. The third-order valence-corrected chi connectivity index (χ3v) is 4.24. The minimum atomic E-state index is -0.617. The Morgan fingerprint density at radius 1 is 1.18 bits per heavy atom. The van der Waals surface area contributed by atoms with Crippen LogP contribution in [0.5, 0.6) is 0 Å². The van der Waals surface area contributed by atoms with Crippen molar-refractivity contribution in [1.29, 1.82) is 0 Å². The van der Waals surface area contributed by atoms with Crippen LogP contribution in [0, 0.1) is 0 Å². The van der Waals surface area contributed by atoms with Crippen LogP contribution < -0.4 is 5.32 Å². The molecular weight excluding hydrogens is 284 g/mol. The molecule has 2 saturated heterocycles. The summed E-state index contributed by atoms with van der Waals surface area (Å²) in [7, 11) is 0. The molecule has 1 amide bonds. The molecule has 2 aliphatic rings. The molecule has 1 aromatic carbocycles. The third kappa shape index (κ3) is 2.16. The zero-order valence-corrected chi connectivity index (χ0v) is 11.8. The summed E-state index contributed by atoms with van der Waals surface area (Å²) in [6.45, 7) is 0.598. The number of nitrogens with zero attached hydrogens (tertiary/aromatic N) is 1. The Morgan fingerprint density at radius 3 is 2.91 bits per heavy atom. The van der Waals surface area contributed by atoms with Crippen LogP contribution in [0.15, 0.2) is 36.5 Å². The second kappa shape index (κ2) is 5.31. The first-order valence-corrected chi connectivity index (χ1v) is 7.30. The third-order valence-electron chi connectivity index (χ3n) is 4.24. The zero-order chi connectivity index (χ0) is 15.1. The first-order chi connectivity index (χ1) is 10.7. The van der Waals surface area contributed by atoms with Crippen LogP contribution in [0.3, 0.4) is 0 Å².